The highest BCUT2D eigenvalue weighted by molar-refractivity contribution is 9.09. The molecule has 0 heterocycles. The van der Waals surface area contributed by atoms with Crippen LogP contribution in [0.1, 0.15) is 36.2 Å². The van der Waals surface area contributed by atoms with Gasteiger partial charge in [0.05, 0.1) is 5.56 Å². The molecule has 0 fully saturated rings. The van der Waals surface area contributed by atoms with Crippen molar-refractivity contribution in [1.82, 2.24) is 5.32 Å². The fourth-order valence-corrected chi connectivity index (χ4v) is 1.91. The molecule has 94 valence electrons. The van der Waals surface area contributed by atoms with Crippen LogP contribution in [0.25, 0.3) is 0 Å². The first-order valence-corrected chi connectivity index (χ1v) is 6.68. The monoisotopic (exact) mass is 301 g/mol. The molecule has 1 rings (SSSR count). The molecule has 0 aromatic heterocycles. The Hall–Kier alpha value is -0.900. The Labute approximate surface area is 110 Å². The lowest BCUT2D eigenvalue weighted by molar-refractivity contribution is 0.0909. The van der Waals surface area contributed by atoms with Gasteiger partial charge in [0.2, 0.25) is 0 Å². The van der Waals surface area contributed by atoms with E-state index in [1.165, 1.54) is 6.07 Å². The summed E-state index contributed by atoms with van der Waals surface area (Å²) in [4.78, 5) is 12.0. The molecule has 0 bridgehead atoms. The van der Waals surface area contributed by atoms with Crippen LogP contribution in [0.5, 0.6) is 0 Å². The molecule has 1 unspecified atom stereocenters. The van der Waals surface area contributed by atoms with Gasteiger partial charge in [-0.3, -0.25) is 4.79 Å². The molecule has 1 aromatic carbocycles. The van der Waals surface area contributed by atoms with Gasteiger partial charge in [0.1, 0.15) is 5.82 Å². The Morgan fingerprint density at radius 2 is 2.18 bits per heavy atom. The summed E-state index contributed by atoms with van der Waals surface area (Å²) in [6.07, 6.45) is 0.775. The van der Waals surface area contributed by atoms with Crippen LogP contribution in [0.4, 0.5) is 4.39 Å². The van der Waals surface area contributed by atoms with Crippen LogP contribution in [0.2, 0.25) is 0 Å². The number of rotatable bonds is 4. The van der Waals surface area contributed by atoms with Gasteiger partial charge in [-0.2, -0.15) is 0 Å². The van der Waals surface area contributed by atoms with Crippen molar-refractivity contribution in [3.05, 3.63) is 35.1 Å². The highest BCUT2D eigenvalue weighted by Gasteiger charge is 2.24. The second-order valence-electron chi connectivity index (χ2n) is 4.49. The Morgan fingerprint density at radius 1 is 1.53 bits per heavy atom. The molecule has 0 aliphatic rings. The van der Waals surface area contributed by atoms with Crippen LogP contribution in [0.15, 0.2) is 18.2 Å². The molecule has 0 aliphatic heterocycles. The summed E-state index contributed by atoms with van der Waals surface area (Å²) in [6, 6.07) is 4.53. The zero-order chi connectivity index (χ0) is 13.1. The zero-order valence-electron chi connectivity index (χ0n) is 10.3. The molecule has 17 heavy (non-hydrogen) atoms. The summed E-state index contributed by atoms with van der Waals surface area (Å²) >= 11 is 3.36. The van der Waals surface area contributed by atoms with Crippen molar-refractivity contribution >= 4 is 21.8 Å². The van der Waals surface area contributed by atoms with Crippen LogP contribution in [-0.2, 0) is 0 Å². The predicted molar refractivity (Wildman–Crippen MR) is 71.1 cm³/mol. The smallest absolute Gasteiger partial charge is 0.254 e. The third kappa shape index (κ3) is 3.53. The molecule has 1 atom stereocenters. The summed E-state index contributed by atoms with van der Waals surface area (Å²) in [5, 5.41) is 3.49. The van der Waals surface area contributed by atoms with E-state index >= 15 is 0 Å². The van der Waals surface area contributed by atoms with Crippen molar-refractivity contribution in [2.45, 2.75) is 32.7 Å². The lowest BCUT2D eigenvalue weighted by Crippen LogP contribution is -2.47. The number of aryl methyl sites for hydroxylation is 1. The standard InChI is InChI=1S/C13H17BrFNO/c1-4-13(3,8-14)16-12(17)10-7-9(2)5-6-11(10)15/h5-7H,4,8H2,1-3H3,(H,16,17). The number of hydrogen-bond donors (Lipinski definition) is 1. The second-order valence-corrected chi connectivity index (χ2v) is 5.05. The minimum atomic E-state index is -0.485. The highest BCUT2D eigenvalue weighted by atomic mass is 79.9. The average molecular weight is 302 g/mol. The maximum atomic E-state index is 13.5. The first-order chi connectivity index (χ1) is 7.91. The van der Waals surface area contributed by atoms with E-state index in [4.69, 9.17) is 0 Å². The van der Waals surface area contributed by atoms with Gasteiger partial charge in [-0.1, -0.05) is 34.5 Å². The van der Waals surface area contributed by atoms with Crippen LogP contribution in [0.3, 0.4) is 0 Å². The maximum absolute atomic E-state index is 13.5. The van der Waals surface area contributed by atoms with Crippen molar-refractivity contribution in [2.24, 2.45) is 0 Å². The summed E-state index contributed by atoms with van der Waals surface area (Å²) in [6.45, 7) is 5.74. The summed E-state index contributed by atoms with van der Waals surface area (Å²) in [5.74, 6) is -0.851. The van der Waals surface area contributed by atoms with Crippen molar-refractivity contribution in [3.8, 4) is 0 Å². The first kappa shape index (κ1) is 14.2. The molecule has 0 aliphatic carbocycles. The molecule has 0 spiro atoms. The fraction of sp³-hybridized carbons (Fsp3) is 0.462. The number of benzene rings is 1. The molecule has 0 radical (unpaired) electrons. The third-order valence-electron chi connectivity index (χ3n) is 2.86. The van der Waals surface area contributed by atoms with Gasteiger partial charge in [-0.15, -0.1) is 0 Å². The van der Waals surface area contributed by atoms with Gasteiger partial charge in [0.25, 0.3) is 5.91 Å². The van der Waals surface area contributed by atoms with Gasteiger partial charge in [-0.25, -0.2) is 4.39 Å². The van der Waals surface area contributed by atoms with Gasteiger partial charge < -0.3 is 5.32 Å². The van der Waals surface area contributed by atoms with Crippen LogP contribution >= 0.6 is 15.9 Å². The number of halogens is 2. The number of amides is 1. The van der Waals surface area contributed by atoms with E-state index in [-0.39, 0.29) is 17.0 Å². The first-order valence-electron chi connectivity index (χ1n) is 5.56. The van der Waals surface area contributed by atoms with Crippen LogP contribution in [-0.4, -0.2) is 16.8 Å². The SMILES string of the molecule is CCC(C)(CBr)NC(=O)c1cc(C)ccc1F. The van der Waals surface area contributed by atoms with Crippen molar-refractivity contribution < 1.29 is 9.18 Å². The molecule has 2 nitrogen and oxygen atoms in total. The van der Waals surface area contributed by atoms with Gasteiger partial charge in [0.15, 0.2) is 0 Å². The number of hydrogen-bond acceptors (Lipinski definition) is 1. The Bertz CT molecular complexity index is 416. The number of alkyl halides is 1. The van der Waals surface area contributed by atoms with E-state index in [1.807, 2.05) is 20.8 Å². The normalized spacial score (nSPS) is 14.2. The summed E-state index contributed by atoms with van der Waals surface area (Å²) < 4.78 is 13.5. The maximum Gasteiger partial charge on any atom is 0.254 e. The van der Waals surface area contributed by atoms with Crippen LogP contribution < -0.4 is 5.32 Å². The second kappa shape index (κ2) is 5.63. The van der Waals surface area contributed by atoms with E-state index in [1.54, 1.807) is 12.1 Å². The molecule has 1 N–H and O–H groups in total. The lowest BCUT2D eigenvalue weighted by Gasteiger charge is -2.27. The van der Waals surface area contributed by atoms with Gasteiger partial charge >= 0.3 is 0 Å². The van der Waals surface area contributed by atoms with E-state index < -0.39 is 5.82 Å². The van der Waals surface area contributed by atoms with Crippen LogP contribution in [0, 0.1) is 12.7 Å². The molecular formula is C13H17BrFNO. The Kier molecular flexibility index (Phi) is 4.69. The Balaban J connectivity index is 2.94. The third-order valence-corrected chi connectivity index (χ3v) is 4.09. The zero-order valence-corrected chi connectivity index (χ0v) is 11.9. The minimum absolute atomic E-state index is 0.102. The molecular weight excluding hydrogens is 285 g/mol. The topological polar surface area (TPSA) is 29.1 Å². The Morgan fingerprint density at radius 3 is 2.71 bits per heavy atom. The van der Waals surface area contributed by atoms with E-state index in [0.29, 0.717) is 5.33 Å². The summed E-state index contributed by atoms with van der Waals surface area (Å²) in [7, 11) is 0. The average Bonchev–Trinajstić information content (AvgIpc) is 2.32. The minimum Gasteiger partial charge on any atom is -0.346 e. The van der Waals surface area contributed by atoms with E-state index in [9.17, 15) is 9.18 Å². The number of nitrogens with one attached hydrogen (secondary N) is 1. The fourth-order valence-electron chi connectivity index (χ4n) is 1.37. The number of carbonyl (C=O) groups excluding carboxylic acids is 1. The molecule has 4 heteroatoms. The highest BCUT2D eigenvalue weighted by Crippen LogP contribution is 2.16. The molecule has 1 amide bonds. The summed E-state index contributed by atoms with van der Waals surface area (Å²) in [5.41, 5.74) is 0.618. The predicted octanol–water partition coefficient (Wildman–Crippen LogP) is 3.43. The van der Waals surface area contributed by atoms with Crippen molar-refractivity contribution in [2.75, 3.05) is 5.33 Å². The quantitative estimate of drug-likeness (QED) is 0.848. The molecule has 1 aromatic rings. The van der Waals surface area contributed by atoms with Crippen molar-refractivity contribution in [1.29, 1.82) is 0 Å². The van der Waals surface area contributed by atoms with E-state index in [0.717, 1.165) is 12.0 Å². The largest absolute Gasteiger partial charge is 0.346 e. The van der Waals surface area contributed by atoms with Gasteiger partial charge in [0, 0.05) is 10.9 Å². The molecule has 0 saturated heterocycles. The number of carbonyl (C=O) groups is 1. The molecule has 0 saturated carbocycles. The lowest BCUT2D eigenvalue weighted by atomic mass is 10.0. The van der Waals surface area contributed by atoms with E-state index in [2.05, 4.69) is 21.2 Å². The van der Waals surface area contributed by atoms with Gasteiger partial charge in [-0.05, 0) is 32.4 Å². The van der Waals surface area contributed by atoms with Crippen molar-refractivity contribution in [3.63, 3.8) is 0 Å².